The molecule has 1 atom stereocenters. The fraction of sp³-hybridized carbons (Fsp3) is 0.200. The molecule has 0 amide bonds. The normalized spacial score (nSPS) is 13.4. The van der Waals surface area contributed by atoms with Crippen LogP contribution in [0.3, 0.4) is 0 Å². The van der Waals surface area contributed by atoms with E-state index in [2.05, 4.69) is 24.3 Å². The number of rotatable bonds is 7. The van der Waals surface area contributed by atoms with Crippen molar-refractivity contribution in [2.75, 3.05) is 6.61 Å². The molecular weight excluding hydrogens is 400 g/mol. The monoisotopic (exact) mass is 420 g/mol. The van der Waals surface area contributed by atoms with E-state index < -0.39 is 17.9 Å². The van der Waals surface area contributed by atoms with Gasteiger partial charge in [0.2, 0.25) is 0 Å². The lowest BCUT2D eigenvalue weighted by molar-refractivity contribution is -0.151. The molecule has 3 aromatic carbocycles. The van der Waals surface area contributed by atoms with Gasteiger partial charge in [-0.25, -0.2) is 0 Å². The van der Waals surface area contributed by atoms with Crippen LogP contribution in [0.2, 0.25) is 5.02 Å². The highest BCUT2D eigenvalue weighted by Gasteiger charge is 2.30. The Morgan fingerprint density at radius 1 is 0.900 bits per heavy atom. The summed E-state index contributed by atoms with van der Waals surface area (Å²) in [4.78, 5) is 24.1. The molecule has 1 aliphatic carbocycles. The molecule has 4 rings (SSSR count). The molecule has 1 N–H and O–H groups in total. The van der Waals surface area contributed by atoms with E-state index in [4.69, 9.17) is 16.3 Å². The topological polar surface area (TPSA) is 63.6 Å². The molecule has 1 aliphatic rings. The van der Waals surface area contributed by atoms with Gasteiger partial charge in [-0.3, -0.25) is 9.59 Å². The third kappa shape index (κ3) is 4.24. The van der Waals surface area contributed by atoms with Gasteiger partial charge in [0, 0.05) is 10.9 Å². The summed E-state index contributed by atoms with van der Waals surface area (Å²) >= 11 is 5.88. The van der Waals surface area contributed by atoms with E-state index in [-0.39, 0.29) is 25.4 Å². The highest BCUT2D eigenvalue weighted by molar-refractivity contribution is 6.30. The second-order valence-corrected chi connectivity index (χ2v) is 7.92. The molecule has 0 fully saturated rings. The Balaban J connectivity index is 1.43. The van der Waals surface area contributed by atoms with Gasteiger partial charge in [0.1, 0.15) is 6.61 Å². The van der Waals surface area contributed by atoms with E-state index in [0.29, 0.717) is 5.02 Å². The van der Waals surface area contributed by atoms with Gasteiger partial charge < -0.3 is 9.84 Å². The van der Waals surface area contributed by atoms with Crippen molar-refractivity contribution in [2.24, 2.45) is 5.92 Å². The number of benzene rings is 3. The number of carboxylic acid groups (broad SMARTS) is 1. The van der Waals surface area contributed by atoms with E-state index in [1.54, 1.807) is 24.3 Å². The van der Waals surface area contributed by atoms with Crippen LogP contribution >= 0.6 is 11.6 Å². The zero-order chi connectivity index (χ0) is 21.1. The molecule has 0 aliphatic heterocycles. The number of hydrogen-bond acceptors (Lipinski definition) is 3. The first-order valence-electron chi connectivity index (χ1n) is 9.84. The number of carbonyl (C=O) groups is 2. The Morgan fingerprint density at radius 3 is 2.03 bits per heavy atom. The molecule has 0 spiro atoms. The Bertz CT molecular complexity index is 1030. The fourth-order valence-electron chi connectivity index (χ4n) is 4.03. The molecule has 0 saturated heterocycles. The number of carboxylic acids is 1. The number of hydrogen-bond donors (Lipinski definition) is 1. The average Bonchev–Trinajstić information content (AvgIpc) is 3.07. The van der Waals surface area contributed by atoms with Crippen molar-refractivity contribution < 1.29 is 19.4 Å². The van der Waals surface area contributed by atoms with Gasteiger partial charge in [-0.05, 0) is 46.4 Å². The van der Waals surface area contributed by atoms with Crippen molar-refractivity contribution in [3.8, 4) is 11.1 Å². The quantitative estimate of drug-likeness (QED) is 0.525. The van der Waals surface area contributed by atoms with Crippen LogP contribution in [0.15, 0.2) is 72.8 Å². The Kier molecular flexibility index (Phi) is 5.86. The Morgan fingerprint density at radius 2 is 1.47 bits per heavy atom. The minimum atomic E-state index is -1.02. The second-order valence-electron chi connectivity index (χ2n) is 7.48. The summed E-state index contributed by atoms with van der Waals surface area (Å²) in [5, 5.41) is 10.1. The summed E-state index contributed by atoms with van der Waals surface area (Å²) in [6.45, 7) is 0.195. The summed E-state index contributed by atoms with van der Waals surface area (Å²) in [6, 6.07) is 23.2. The van der Waals surface area contributed by atoms with Gasteiger partial charge in [-0.1, -0.05) is 72.3 Å². The zero-order valence-electron chi connectivity index (χ0n) is 16.3. The van der Waals surface area contributed by atoms with Gasteiger partial charge >= 0.3 is 11.9 Å². The first kappa shape index (κ1) is 20.2. The molecule has 0 saturated carbocycles. The number of halogens is 1. The molecule has 0 unspecified atom stereocenters. The summed E-state index contributed by atoms with van der Waals surface area (Å²) in [6.07, 6.45) is 0.0741. The molecule has 3 aromatic rings. The third-order valence-electron chi connectivity index (χ3n) is 5.53. The van der Waals surface area contributed by atoms with Crippen LogP contribution in [0.5, 0.6) is 0 Å². The van der Waals surface area contributed by atoms with Crippen molar-refractivity contribution in [2.45, 2.75) is 18.8 Å². The predicted octanol–water partition coefficient (Wildman–Crippen LogP) is 5.33. The lowest BCUT2D eigenvalue weighted by atomic mass is 9.96. The van der Waals surface area contributed by atoms with Crippen LogP contribution in [0, 0.1) is 5.92 Å². The van der Waals surface area contributed by atoms with Crippen molar-refractivity contribution in [3.05, 3.63) is 94.5 Å². The minimum Gasteiger partial charge on any atom is -0.481 e. The highest BCUT2D eigenvalue weighted by Crippen LogP contribution is 2.44. The Labute approximate surface area is 180 Å². The van der Waals surface area contributed by atoms with E-state index in [1.807, 2.05) is 24.3 Å². The van der Waals surface area contributed by atoms with E-state index in [9.17, 15) is 14.7 Å². The minimum absolute atomic E-state index is 0.0408. The second kappa shape index (κ2) is 8.72. The number of aliphatic carboxylic acids is 1. The zero-order valence-corrected chi connectivity index (χ0v) is 17.0. The first-order chi connectivity index (χ1) is 14.5. The number of carbonyl (C=O) groups excluding carboxylic acids is 1. The van der Waals surface area contributed by atoms with Crippen molar-refractivity contribution in [1.82, 2.24) is 0 Å². The summed E-state index contributed by atoms with van der Waals surface area (Å²) in [5.41, 5.74) is 5.38. The third-order valence-corrected chi connectivity index (χ3v) is 5.78. The lowest BCUT2D eigenvalue weighted by Crippen LogP contribution is -2.22. The maximum absolute atomic E-state index is 12.5. The fourth-order valence-corrected chi connectivity index (χ4v) is 4.15. The van der Waals surface area contributed by atoms with Crippen LogP contribution in [0.4, 0.5) is 0 Å². The first-order valence-corrected chi connectivity index (χ1v) is 10.2. The molecule has 0 aromatic heterocycles. The predicted molar refractivity (Wildman–Crippen MR) is 116 cm³/mol. The summed E-state index contributed by atoms with van der Waals surface area (Å²) in [7, 11) is 0. The van der Waals surface area contributed by atoms with Crippen LogP contribution < -0.4 is 0 Å². The van der Waals surface area contributed by atoms with Gasteiger partial charge in [0.15, 0.2) is 0 Å². The summed E-state index contributed by atoms with van der Waals surface area (Å²) < 4.78 is 5.55. The maximum Gasteiger partial charge on any atom is 0.307 e. The number of esters is 1. The standard InChI is InChI=1S/C25H21ClO4/c26-18-11-9-16(10-12-18)13-17(25(28)29)14-24(27)30-15-23-21-7-3-1-5-19(21)20-6-2-4-8-22(20)23/h1-12,17,23H,13-15H2,(H,28,29)/t17-/m1/s1. The SMILES string of the molecule is O=C(C[C@@H](Cc1ccc(Cl)cc1)C(=O)O)OCC1c2ccccc2-c2ccccc21. The van der Waals surface area contributed by atoms with Crippen molar-refractivity contribution in [1.29, 1.82) is 0 Å². The highest BCUT2D eigenvalue weighted by atomic mass is 35.5. The van der Waals surface area contributed by atoms with E-state index in [0.717, 1.165) is 27.8 Å². The van der Waals surface area contributed by atoms with E-state index >= 15 is 0 Å². The lowest BCUT2D eigenvalue weighted by Gasteiger charge is -2.16. The van der Waals surface area contributed by atoms with E-state index in [1.165, 1.54) is 0 Å². The summed E-state index contributed by atoms with van der Waals surface area (Å²) in [5.74, 6) is -2.40. The molecule has 30 heavy (non-hydrogen) atoms. The molecule has 0 radical (unpaired) electrons. The maximum atomic E-state index is 12.5. The molecule has 152 valence electrons. The van der Waals surface area contributed by atoms with Gasteiger partial charge in [0.25, 0.3) is 0 Å². The van der Waals surface area contributed by atoms with Crippen LogP contribution in [-0.2, 0) is 20.7 Å². The van der Waals surface area contributed by atoms with Gasteiger partial charge in [0.05, 0.1) is 12.3 Å². The van der Waals surface area contributed by atoms with Crippen molar-refractivity contribution >= 4 is 23.5 Å². The molecule has 0 bridgehead atoms. The Hall–Kier alpha value is -3.11. The largest absolute Gasteiger partial charge is 0.481 e. The van der Waals surface area contributed by atoms with Crippen molar-refractivity contribution in [3.63, 3.8) is 0 Å². The molecule has 0 heterocycles. The molecular formula is C25H21ClO4. The van der Waals surface area contributed by atoms with Crippen LogP contribution in [-0.4, -0.2) is 23.7 Å². The number of fused-ring (bicyclic) bond motifs is 3. The van der Waals surface area contributed by atoms with Crippen LogP contribution in [0.25, 0.3) is 11.1 Å². The van der Waals surface area contributed by atoms with Crippen LogP contribution in [0.1, 0.15) is 29.0 Å². The smallest absolute Gasteiger partial charge is 0.307 e. The van der Waals surface area contributed by atoms with Gasteiger partial charge in [-0.2, -0.15) is 0 Å². The van der Waals surface area contributed by atoms with Gasteiger partial charge in [-0.15, -0.1) is 0 Å². The molecule has 4 nitrogen and oxygen atoms in total. The molecule has 5 heteroatoms. The average molecular weight is 421 g/mol. The number of ether oxygens (including phenoxy) is 1.